The topological polar surface area (TPSA) is 26.3 Å². The van der Waals surface area contributed by atoms with Crippen molar-refractivity contribution >= 4 is 5.97 Å². The fourth-order valence-electron chi connectivity index (χ4n) is 2.78. The Bertz CT molecular complexity index is 402. The van der Waals surface area contributed by atoms with Crippen LogP contribution in [0.1, 0.15) is 43.7 Å². The van der Waals surface area contributed by atoms with Gasteiger partial charge in [-0.1, -0.05) is 44.0 Å². The van der Waals surface area contributed by atoms with E-state index < -0.39 is 0 Å². The quantitative estimate of drug-likeness (QED) is 0.743. The van der Waals surface area contributed by atoms with Gasteiger partial charge in [-0.25, -0.2) is 0 Å². The molecule has 0 spiro atoms. The van der Waals surface area contributed by atoms with Gasteiger partial charge >= 0.3 is 5.97 Å². The molecule has 0 atom stereocenters. The molecule has 1 aliphatic carbocycles. The summed E-state index contributed by atoms with van der Waals surface area (Å²) in [6.45, 7) is 2.19. The van der Waals surface area contributed by atoms with Crippen molar-refractivity contribution in [2.45, 2.75) is 45.4 Å². The lowest BCUT2D eigenvalue weighted by Gasteiger charge is -2.39. The predicted octanol–water partition coefficient (Wildman–Crippen LogP) is 3.52. The van der Waals surface area contributed by atoms with Crippen LogP contribution in [0, 0.1) is 5.41 Å². The molecule has 18 heavy (non-hydrogen) atoms. The molecule has 2 rings (SSSR count). The van der Waals surface area contributed by atoms with Gasteiger partial charge in [0.1, 0.15) is 0 Å². The van der Waals surface area contributed by atoms with Crippen LogP contribution < -0.4 is 0 Å². The number of methoxy groups -OCH3 is 1. The minimum Gasteiger partial charge on any atom is -0.469 e. The average molecular weight is 246 g/mol. The van der Waals surface area contributed by atoms with Crippen molar-refractivity contribution in [3.8, 4) is 0 Å². The zero-order chi connectivity index (χ0) is 13.0. The van der Waals surface area contributed by atoms with Gasteiger partial charge in [-0.15, -0.1) is 0 Å². The lowest BCUT2D eigenvalue weighted by molar-refractivity contribution is -0.158. The van der Waals surface area contributed by atoms with Crippen molar-refractivity contribution in [2.24, 2.45) is 5.41 Å². The van der Waals surface area contributed by atoms with Crippen molar-refractivity contribution in [2.75, 3.05) is 7.11 Å². The van der Waals surface area contributed by atoms with Crippen LogP contribution in [-0.2, 0) is 22.4 Å². The molecular formula is C16H22O2. The van der Waals surface area contributed by atoms with E-state index in [1.807, 2.05) is 0 Å². The number of benzene rings is 1. The highest BCUT2D eigenvalue weighted by molar-refractivity contribution is 5.78. The lowest BCUT2D eigenvalue weighted by Crippen LogP contribution is -2.40. The molecule has 0 saturated heterocycles. The summed E-state index contributed by atoms with van der Waals surface area (Å²) in [5.41, 5.74) is 2.39. The largest absolute Gasteiger partial charge is 0.469 e. The maximum Gasteiger partial charge on any atom is 0.312 e. The van der Waals surface area contributed by atoms with Gasteiger partial charge in [0, 0.05) is 0 Å². The van der Waals surface area contributed by atoms with Crippen molar-refractivity contribution in [1.82, 2.24) is 0 Å². The fourth-order valence-corrected chi connectivity index (χ4v) is 2.78. The second-order valence-corrected chi connectivity index (χ2v) is 5.37. The molecule has 1 saturated carbocycles. The zero-order valence-electron chi connectivity index (χ0n) is 11.4. The first-order chi connectivity index (χ1) is 8.70. The highest BCUT2D eigenvalue weighted by atomic mass is 16.5. The summed E-state index contributed by atoms with van der Waals surface area (Å²) in [6, 6.07) is 8.69. The van der Waals surface area contributed by atoms with E-state index in [1.54, 1.807) is 0 Å². The predicted molar refractivity (Wildman–Crippen MR) is 72.4 cm³/mol. The first-order valence-corrected chi connectivity index (χ1v) is 6.86. The van der Waals surface area contributed by atoms with Gasteiger partial charge in [0.15, 0.2) is 0 Å². The molecule has 0 unspecified atom stereocenters. The molecule has 0 amide bonds. The van der Waals surface area contributed by atoms with Crippen LogP contribution in [0.15, 0.2) is 24.3 Å². The van der Waals surface area contributed by atoms with Crippen LogP contribution in [0.3, 0.4) is 0 Å². The van der Waals surface area contributed by atoms with Gasteiger partial charge in [-0.2, -0.15) is 0 Å². The maximum atomic E-state index is 11.9. The SMILES string of the molecule is CCCc1ccc(CC2(C(=O)OC)CCC2)cc1. The van der Waals surface area contributed by atoms with Crippen LogP contribution in [0.2, 0.25) is 0 Å². The molecule has 0 aliphatic heterocycles. The van der Waals surface area contributed by atoms with Gasteiger partial charge in [-0.05, 0) is 36.8 Å². The Morgan fingerprint density at radius 3 is 2.28 bits per heavy atom. The number of hydrogen-bond acceptors (Lipinski definition) is 2. The molecule has 1 aromatic rings. The standard InChI is InChI=1S/C16H22O2/c1-3-5-13-6-8-14(9-7-13)12-16(10-4-11-16)15(17)18-2/h6-9H,3-5,10-12H2,1-2H3. The van der Waals surface area contributed by atoms with Crippen LogP contribution in [-0.4, -0.2) is 13.1 Å². The number of hydrogen-bond donors (Lipinski definition) is 0. The number of ether oxygens (including phenoxy) is 1. The third kappa shape index (κ3) is 2.58. The minimum absolute atomic E-state index is 0.0358. The molecule has 0 radical (unpaired) electrons. The molecule has 1 aromatic carbocycles. The third-order valence-corrected chi connectivity index (χ3v) is 4.03. The first-order valence-electron chi connectivity index (χ1n) is 6.86. The number of carbonyl (C=O) groups is 1. The molecule has 0 bridgehead atoms. The van der Waals surface area contributed by atoms with Crippen LogP contribution >= 0.6 is 0 Å². The summed E-state index contributed by atoms with van der Waals surface area (Å²) < 4.78 is 4.95. The lowest BCUT2D eigenvalue weighted by atomic mass is 9.65. The second kappa shape index (κ2) is 5.55. The van der Waals surface area contributed by atoms with Crippen LogP contribution in [0.5, 0.6) is 0 Å². The fraction of sp³-hybridized carbons (Fsp3) is 0.562. The molecule has 2 nitrogen and oxygen atoms in total. The Hall–Kier alpha value is -1.31. The molecule has 0 aromatic heterocycles. The van der Waals surface area contributed by atoms with E-state index in [0.717, 1.165) is 32.1 Å². The minimum atomic E-state index is -0.235. The summed E-state index contributed by atoms with van der Waals surface area (Å²) in [7, 11) is 1.49. The number of carbonyl (C=O) groups excluding carboxylic acids is 1. The zero-order valence-corrected chi connectivity index (χ0v) is 11.4. The van der Waals surface area contributed by atoms with Crippen molar-refractivity contribution < 1.29 is 9.53 Å². The van der Waals surface area contributed by atoms with Gasteiger partial charge < -0.3 is 4.74 Å². The summed E-state index contributed by atoms with van der Waals surface area (Å²) in [5, 5.41) is 0. The third-order valence-electron chi connectivity index (χ3n) is 4.03. The van der Waals surface area contributed by atoms with E-state index in [1.165, 1.54) is 24.7 Å². The van der Waals surface area contributed by atoms with Crippen molar-refractivity contribution in [1.29, 1.82) is 0 Å². The Morgan fingerprint density at radius 2 is 1.83 bits per heavy atom. The molecule has 0 heterocycles. The molecule has 98 valence electrons. The Labute approximate surface area is 109 Å². The number of esters is 1. The Morgan fingerprint density at radius 1 is 1.22 bits per heavy atom. The van der Waals surface area contributed by atoms with Gasteiger partial charge in [0.2, 0.25) is 0 Å². The van der Waals surface area contributed by atoms with Crippen molar-refractivity contribution in [3.63, 3.8) is 0 Å². The highest BCUT2D eigenvalue weighted by Gasteiger charge is 2.45. The Balaban J connectivity index is 2.06. The first kappa shape index (κ1) is 13.1. The summed E-state index contributed by atoms with van der Waals surface area (Å²) >= 11 is 0. The highest BCUT2D eigenvalue weighted by Crippen LogP contribution is 2.44. The Kier molecular flexibility index (Phi) is 4.05. The van der Waals surface area contributed by atoms with Gasteiger partial charge in [0.05, 0.1) is 12.5 Å². The van der Waals surface area contributed by atoms with E-state index >= 15 is 0 Å². The smallest absolute Gasteiger partial charge is 0.312 e. The van der Waals surface area contributed by atoms with Gasteiger partial charge in [-0.3, -0.25) is 4.79 Å². The molecule has 1 aliphatic rings. The molecule has 0 N–H and O–H groups in total. The van der Waals surface area contributed by atoms with Crippen molar-refractivity contribution in [3.05, 3.63) is 35.4 Å². The van der Waals surface area contributed by atoms with E-state index in [0.29, 0.717) is 0 Å². The number of rotatable bonds is 5. The maximum absolute atomic E-state index is 11.9. The second-order valence-electron chi connectivity index (χ2n) is 5.37. The van der Waals surface area contributed by atoms with Crippen LogP contribution in [0.4, 0.5) is 0 Å². The summed E-state index contributed by atoms with van der Waals surface area (Å²) in [4.78, 5) is 11.9. The normalized spacial score (nSPS) is 17.0. The monoisotopic (exact) mass is 246 g/mol. The van der Waals surface area contributed by atoms with E-state index in [-0.39, 0.29) is 11.4 Å². The molecular weight excluding hydrogens is 224 g/mol. The molecule has 2 heteroatoms. The van der Waals surface area contributed by atoms with E-state index in [4.69, 9.17) is 4.74 Å². The number of aryl methyl sites for hydroxylation is 1. The molecule has 1 fully saturated rings. The summed E-state index contributed by atoms with van der Waals surface area (Å²) in [5.74, 6) is -0.0358. The van der Waals surface area contributed by atoms with Crippen LogP contribution in [0.25, 0.3) is 0 Å². The summed E-state index contributed by atoms with van der Waals surface area (Å²) in [6.07, 6.45) is 6.20. The van der Waals surface area contributed by atoms with Gasteiger partial charge in [0.25, 0.3) is 0 Å². The van der Waals surface area contributed by atoms with E-state index in [9.17, 15) is 4.79 Å². The van der Waals surface area contributed by atoms with E-state index in [2.05, 4.69) is 31.2 Å². The average Bonchev–Trinajstić information content (AvgIpc) is 2.35.